The molecule has 10 atom stereocenters. The Hall–Kier alpha value is -9.51. The molecule has 10 aliphatic heterocycles. The molecule has 21 heteroatoms. The Kier molecular flexibility index (Phi) is 13.2. The Morgan fingerprint density at radius 2 is 0.912 bits per heavy atom. The molecule has 0 aromatic heterocycles. The molecule has 2 fully saturated rings. The van der Waals surface area contributed by atoms with Crippen LogP contribution in [-0.2, 0) is 30.5 Å². The lowest BCUT2D eigenvalue weighted by atomic mass is 9.71. The number of carbonyl (C=O) groups is 5. The Morgan fingerprint density at radius 1 is 0.527 bits per heavy atom. The van der Waals surface area contributed by atoms with E-state index in [1.807, 2.05) is 48.7 Å². The quantitative estimate of drug-likeness (QED) is 0.0843. The highest BCUT2D eigenvalue weighted by atomic mass is 16.7. The molecule has 10 heterocycles. The lowest BCUT2D eigenvalue weighted by Crippen LogP contribution is -2.69. The zero-order valence-electron chi connectivity index (χ0n) is 51.7. The normalized spacial score (nSPS) is 26.1. The molecule has 0 saturated carbocycles. The number of aryl methyl sites for hydroxylation is 2. The molecular weight excluding hydrogens is 1160 g/mol. The summed E-state index contributed by atoms with van der Waals surface area (Å²) in [6.07, 6.45) is 1.81. The molecule has 4 amide bonds. The van der Waals surface area contributed by atoms with Crippen LogP contribution in [0.4, 0.5) is 0 Å². The standard InChI is InChI=1S/C36H34N4O7.C34H32N4O6/c1-16-10-20-11-24-26(13-37)40-25(30(38(24)5)28(20)31(42)17(16)2)12-23-29(34-33(45-15-46-34)18(3)32(23)47-19(4)41)27(40)14-39-35(43)21-8-6-7-9-22(21)36(39)44;1-15-9-18-10-22-24(12-35)38-23(28(36(22)4)26(18)30(40)16(15)2)11-21-27(32-31(43-14-44-32)17(3)29(21)39)25(38)13-37-33(41)19-7-5-6-8-20(19)34(37)42/h6-10,24-27,30,42H,11-12,14-15H2,1-5H3;5-9,22-25,28,39-40H,10-11,13-14H2,1-4H3/t24-,25?,26-,27-,30-;22-,23?,24-,25-,28-/m00/s1. The second-order valence-electron chi connectivity index (χ2n) is 25.8. The number of hydrogen-bond donors (Lipinski definition) is 3. The number of rotatable bonds is 5. The van der Waals surface area contributed by atoms with Crippen molar-refractivity contribution in [1.29, 1.82) is 10.5 Å². The fourth-order valence-electron chi connectivity index (χ4n) is 17.2. The third-order valence-electron chi connectivity index (χ3n) is 21.6. The molecule has 0 aliphatic carbocycles. The smallest absolute Gasteiger partial charge is 0.308 e. The van der Waals surface area contributed by atoms with Crippen LogP contribution in [-0.4, -0.2) is 151 Å². The van der Waals surface area contributed by atoms with Gasteiger partial charge in [0.1, 0.15) is 35.1 Å². The lowest BCUT2D eigenvalue weighted by Gasteiger charge is -2.60. The maximum atomic E-state index is 13.8. The first-order chi connectivity index (χ1) is 43.7. The third-order valence-corrected chi connectivity index (χ3v) is 21.6. The average molecular weight is 1230 g/mol. The summed E-state index contributed by atoms with van der Waals surface area (Å²) in [5, 5.41) is 56.6. The van der Waals surface area contributed by atoms with Crippen LogP contribution in [0, 0.1) is 64.2 Å². The van der Waals surface area contributed by atoms with Crippen LogP contribution in [0.1, 0.15) is 150 Å². The first-order valence-corrected chi connectivity index (χ1v) is 30.8. The highest BCUT2D eigenvalue weighted by Gasteiger charge is 2.60. The van der Waals surface area contributed by atoms with E-state index in [1.165, 1.54) is 16.7 Å². The van der Waals surface area contributed by atoms with Gasteiger partial charge in [-0.2, -0.15) is 10.5 Å². The molecule has 2 unspecified atom stereocenters. The van der Waals surface area contributed by atoms with E-state index in [-0.39, 0.29) is 74.1 Å². The van der Waals surface area contributed by atoms with Gasteiger partial charge in [-0.1, -0.05) is 36.4 Å². The van der Waals surface area contributed by atoms with Gasteiger partial charge in [-0.25, -0.2) is 0 Å². The van der Waals surface area contributed by atoms with Crippen LogP contribution in [0.25, 0.3) is 0 Å². The zero-order chi connectivity index (χ0) is 63.8. The van der Waals surface area contributed by atoms with Crippen LogP contribution in [0.15, 0.2) is 60.7 Å². The number of benzene rings is 6. The second-order valence-corrected chi connectivity index (χ2v) is 25.8. The Morgan fingerprint density at radius 3 is 1.32 bits per heavy atom. The van der Waals surface area contributed by atoms with Gasteiger partial charge < -0.3 is 39.0 Å². The minimum absolute atomic E-state index is 0.0230. The highest BCUT2D eigenvalue weighted by Crippen LogP contribution is 2.61. The first kappa shape index (κ1) is 57.9. The van der Waals surface area contributed by atoms with Crippen LogP contribution < -0.4 is 23.7 Å². The number of carbonyl (C=O) groups excluding carboxylic acids is 5. The Balaban J connectivity index is 0.000000152. The van der Waals surface area contributed by atoms with Gasteiger partial charge in [0.25, 0.3) is 23.6 Å². The Labute approximate surface area is 524 Å². The number of nitrogens with zero attached hydrogens (tertiary/aromatic N) is 8. The van der Waals surface area contributed by atoms with E-state index in [9.17, 15) is 49.8 Å². The predicted octanol–water partition coefficient (Wildman–Crippen LogP) is 7.86. The van der Waals surface area contributed by atoms with Gasteiger partial charge in [0, 0.05) is 88.7 Å². The van der Waals surface area contributed by atoms with Crippen molar-refractivity contribution in [3.63, 3.8) is 0 Å². The lowest BCUT2D eigenvalue weighted by molar-refractivity contribution is -0.132. The molecule has 10 aliphatic rings. The second kappa shape index (κ2) is 20.8. The highest BCUT2D eigenvalue weighted by molar-refractivity contribution is 6.22. The summed E-state index contributed by atoms with van der Waals surface area (Å²) in [5.74, 6) is 0.608. The number of hydrogen-bond acceptors (Lipinski definition) is 19. The minimum atomic E-state index is -0.713. The largest absolute Gasteiger partial charge is 0.507 e. The molecule has 0 radical (unpaired) electrons. The number of esters is 1. The van der Waals surface area contributed by atoms with Crippen molar-refractivity contribution in [3.05, 3.63) is 161 Å². The van der Waals surface area contributed by atoms with Crippen molar-refractivity contribution in [2.75, 3.05) is 40.8 Å². The number of phenols is 3. The van der Waals surface area contributed by atoms with Crippen molar-refractivity contribution in [2.24, 2.45) is 0 Å². The summed E-state index contributed by atoms with van der Waals surface area (Å²) < 4.78 is 29.7. The van der Waals surface area contributed by atoms with E-state index in [0.717, 1.165) is 44.5 Å². The van der Waals surface area contributed by atoms with E-state index in [4.69, 9.17) is 23.7 Å². The van der Waals surface area contributed by atoms with Gasteiger partial charge in [-0.15, -0.1) is 0 Å². The number of imide groups is 2. The maximum Gasteiger partial charge on any atom is 0.308 e. The van der Waals surface area contributed by atoms with Crippen molar-refractivity contribution in [2.45, 2.75) is 135 Å². The van der Waals surface area contributed by atoms with Crippen molar-refractivity contribution in [1.82, 2.24) is 29.4 Å². The minimum Gasteiger partial charge on any atom is -0.507 e. The summed E-state index contributed by atoms with van der Waals surface area (Å²) in [5.41, 5.74) is 12.4. The number of nitriles is 2. The third kappa shape index (κ3) is 8.03. The number of ether oxygens (including phenoxy) is 5. The number of likely N-dealkylation sites (N-methyl/N-ethyl adjacent to an activating group) is 2. The van der Waals surface area contributed by atoms with Gasteiger partial charge in [0.2, 0.25) is 13.6 Å². The maximum absolute atomic E-state index is 13.8. The molecule has 21 nitrogen and oxygen atoms in total. The van der Waals surface area contributed by atoms with Crippen molar-refractivity contribution < 1.29 is 63.0 Å². The molecule has 464 valence electrons. The molecule has 6 aromatic carbocycles. The van der Waals surface area contributed by atoms with E-state index in [0.29, 0.717) is 110 Å². The van der Waals surface area contributed by atoms with E-state index < -0.39 is 59.8 Å². The first-order valence-electron chi connectivity index (χ1n) is 30.8. The van der Waals surface area contributed by atoms with Gasteiger partial charge in [-0.3, -0.25) is 53.4 Å². The Bertz CT molecular complexity index is 4330. The summed E-state index contributed by atoms with van der Waals surface area (Å²) in [4.78, 5) is 78.5. The molecule has 4 bridgehead atoms. The number of amides is 4. The summed E-state index contributed by atoms with van der Waals surface area (Å²) >= 11 is 0. The number of phenolic OH excluding ortho intramolecular Hbond substituents is 3. The molecule has 6 aromatic rings. The molecule has 3 N–H and O–H groups in total. The molecular formula is C70H66N8O13. The summed E-state index contributed by atoms with van der Waals surface area (Å²) in [6, 6.07) is 18.4. The van der Waals surface area contributed by atoms with Gasteiger partial charge in [-0.05, 0) is 139 Å². The van der Waals surface area contributed by atoms with E-state index in [2.05, 4.69) is 43.9 Å². The van der Waals surface area contributed by atoms with E-state index in [1.54, 1.807) is 55.5 Å². The summed E-state index contributed by atoms with van der Waals surface area (Å²) in [7, 11) is 3.98. The predicted molar refractivity (Wildman–Crippen MR) is 325 cm³/mol. The van der Waals surface area contributed by atoms with Gasteiger partial charge in [0.05, 0.1) is 58.6 Å². The molecule has 2 saturated heterocycles. The SMILES string of the molecule is CC(=O)Oc1c(C)c2c(c3c1CC1[C@H]4c5c(cc(C)c(C)c5O)C[C@@H]([C@H](C#N)N1[C@H]3CN1C(=O)c3ccccc3C1=O)N4C)OCO2.Cc1cc2c(c(O)c1C)[C@@H]1C3Cc4c(O)c(C)c5c(c4[C@H](CN4C(=O)c6ccccc6C4=O)N3[C@@H](C#N)[C@H](C2)N1C)OCO5. The van der Waals surface area contributed by atoms with Crippen LogP contribution in [0.3, 0.4) is 0 Å². The van der Waals surface area contributed by atoms with Crippen LogP contribution in [0.5, 0.6) is 46.0 Å². The topological polar surface area (TPSA) is 259 Å². The zero-order valence-corrected chi connectivity index (χ0v) is 51.7. The van der Waals surface area contributed by atoms with Gasteiger partial charge >= 0.3 is 5.97 Å². The number of fused-ring (bicyclic) bond motifs is 20. The average Bonchev–Trinajstić information content (AvgIpc) is 1.03. The van der Waals surface area contributed by atoms with Crippen molar-refractivity contribution in [3.8, 4) is 58.1 Å². The van der Waals surface area contributed by atoms with E-state index >= 15 is 0 Å². The van der Waals surface area contributed by atoms with Crippen LogP contribution >= 0.6 is 0 Å². The van der Waals surface area contributed by atoms with Crippen LogP contribution in [0.2, 0.25) is 0 Å². The summed E-state index contributed by atoms with van der Waals surface area (Å²) in [6.45, 7) is 12.5. The molecule has 0 spiro atoms. The fraction of sp³-hybridized carbons (Fsp3) is 0.386. The molecule has 16 rings (SSSR count). The monoisotopic (exact) mass is 1230 g/mol. The van der Waals surface area contributed by atoms with Gasteiger partial charge in [0.15, 0.2) is 23.0 Å². The number of aromatic hydroxyl groups is 3. The fourth-order valence-corrected chi connectivity index (χ4v) is 17.2. The van der Waals surface area contributed by atoms with Crippen molar-refractivity contribution >= 4 is 29.6 Å². The molecule has 91 heavy (non-hydrogen) atoms. The number of piperazine rings is 2.